The van der Waals surface area contributed by atoms with Crippen LogP contribution in [-0.2, 0) is 11.2 Å². The number of ether oxygens (including phenoxy) is 1. The minimum absolute atomic E-state index is 0.0555. The summed E-state index contributed by atoms with van der Waals surface area (Å²) in [4.78, 5) is 45.4. The standard InChI is InChI=1S/C21H19N3O5S/c1-4-10-5-7-11(8-6-10)15-13(14-18(22-15)23-21(28)24-19(14)26)17-16(25)12(9(2)30-17)20(27)29-3/h5-8,25H,4H2,1-3H3,(H3,22,23,24,26,28). The van der Waals surface area contributed by atoms with Crippen LogP contribution in [0.25, 0.3) is 32.7 Å². The van der Waals surface area contributed by atoms with Crippen molar-refractivity contribution in [1.82, 2.24) is 15.0 Å². The summed E-state index contributed by atoms with van der Waals surface area (Å²) in [5.41, 5.74) is 1.92. The normalized spacial score (nSPS) is 11.2. The van der Waals surface area contributed by atoms with Crippen LogP contribution < -0.4 is 11.2 Å². The number of carbonyl (C=O) groups is 1. The number of aromatic amines is 3. The summed E-state index contributed by atoms with van der Waals surface area (Å²) in [6.45, 7) is 3.74. The Morgan fingerprint density at radius 3 is 2.47 bits per heavy atom. The summed E-state index contributed by atoms with van der Waals surface area (Å²) in [7, 11) is 1.24. The highest BCUT2D eigenvalue weighted by Crippen LogP contribution is 2.47. The molecule has 0 spiro atoms. The fourth-order valence-corrected chi connectivity index (χ4v) is 4.62. The topological polar surface area (TPSA) is 128 Å². The van der Waals surface area contributed by atoms with E-state index in [9.17, 15) is 19.5 Å². The lowest BCUT2D eigenvalue weighted by atomic mass is 10.0. The SMILES string of the molecule is CCc1ccc(-c2[nH]c3[nH]c(=O)[nH]c(=O)c3c2-c2sc(C)c(C(=O)OC)c2O)cc1. The Morgan fingerprint density at radius 1 is 1.13 bits per heavy atom. The lowest BCUT2D eigenvalue weighted by molar-refractivity contribution is 0.0597. The molecule has 4 aromatic rings. The fourth-order valence-electron chi connectivity index (χ4n) is 3.53. The largest absolute Gasteiger partial charge is 0.505 e. The number of nitrogens with one attached hydrogen (secondary N) is 3. The zero-order valence-corrected chi connectivity index (χ0v) is 17.3. The quantitative estimate of drug-likeness (QED) is 0.373. The van der Waals surface area contributed by atoms with E-state index in [1.165, 1.54) is 18.4 Å². The first-order chi connectivity index (χ1) is 14.3. The van der Waals surface area contributed by atoms with Gasteiger partial charge in [-0.1, -0.05) is 31.2 Å². The Labute approximate surface area is 174 Å². The van der Waals surface area contributed by atoms with Crippen LogP contribution >= 0.6 is 11.3 Å². The number of rotatable bonds is 4. The predicted octanol–water partition coefficient (Wildman–Crippen LogP) is 3.30. The summed E-state index contributed by atoms with van der Waals surface area (Å²) in [6.07, 6.45) is 0.875. The highest BCUT2D eigenvalue weighted by molar-refractivity contribution is 7.16. The second-order valence-corrected chi connectivity index (χ2v) is 8.01. The Morgan fingerprint density at radius 2 is 1.83 bits per heavy atom. The molecule has 8 nitrogen and oxygen atoms in total. The molecule has 0 aliphatic rings. The zero-order chi connectivity index (χ0) is 21.6. The molecule has 154 valence electrons. The number of H-pyrrole nitrogens is 3. The molecule has 4 rings (SSSR count). The molecule has 0 aliphatic heterocycles. The van der Waals surface area contributed by atoms with Gasteiger partial charge in [0, 0.05) is 10.4 Å². The number of aryl methyl sites for hydroxylation is 2. The average molecular weight is 425 g/mol. The first-order valence-electron chi connectivity index (χ1n) is 9.24. The molecule has 0 saturated heterocycles. The van der Waals surface area contributed by atoms with Crippen molar-refractivity contribution in [2.75, 3.05) is 7.11 Å². The maximum absolute atomic E-state index is 12.7. The number of carbonyl (C=O) groups excluding carboxylic acids is 1. The average Bonchev–Trinajstić information content (AvgIpc) is 3.24. The van der Waals surface area contributed by atoms with Gasteiger partial charge in [0.05, 0.1) is 23.1 Å². The van der Waals surface area contributed by atoms with Gasteiger partial charge in [0.15, 0.2) is 0 Å². The summed E-state index contributed by atoms with van der Waals surface area (Å²) in [5, 5.41) is 11.0. The minimum atomic E-state index is -0.663. The smallest absolute Gasteiger partial charge is 0.342 e. The number of esters is 1. The molecule has 0 aliphatic carbocycles. The number of hydrogen-bond acceptors (Lipinski definition) is 6. The number of methoxy groups -OCH3 is 1. The van der Waals surface area contributed by atoms with Crippen molar-refractivity contribution in [2.24, 2.45) is 0 Å². The predicted molar refractivity (Wildman–Crippen MR) is 115 cm³/mol. The van der Waals surface area contributed by atoms with Gasteiger partial charge >= 0.3 is 11.7 Å². The molecular formula is C21H19N3O5S. The van der Waals surface area contributed by atoms with Crippen LogP contribution in [-0.4, -0.2) is 33.1 Å². The van der Waals surface area contributed by atoms with E-state index in [1.54, 1.807) is 6.92 Å². The van der Waals surface area contributed by atoms with Gasteiger partial charge in [-0.05, 0) is 24.5 Å². The van der Waals surface area contributed by atoms with Gasteiger partial charge in [0.25, 0.3) is 5.56 Å². The molecule has 30 heavy (non-hydrogen) atoms. The maximum atomic E-state index is 12.7. The van der Waals surface area contributed by atoms with Crippen LogP contribution in [0.5, 0.6) is 5.75 Å². The molecule has 0 fully saturated rings. The second-order valence-electron chi connectivity index (χ2n) is 6.79. The fraction of sp³-hybridized carbons (Fsp3) is 0.190. The molecule has 0 unspecified atom stereocenters. The van der Waals surface area contributed by atoms with E-state index in [2.05, 4.69) is 21.9 Å². The monoisotopic (exact) mass is 425 g/mol. The number of aromatic nitrogens is 3. The van der Waals surface area contributed by atoms with Crippen molar-refractivity contribution in [3.05, 3.63) is 61.1 Å². The van der Waals surface area contributed by atoms with Crippen molar-refractivity contribution in [3.63, 3.8) is 0 Å². The van der Waals surface area contributed by atoms with E-state index in [0.29, 0.717) is 21.0 Å². The van der Waals surface area contributed by atoms with Gasteiger partial charge in [-0.2, -0.15) is 0 Å². The maximum Gasteiger partial charge on any atom is 0.342 e. The summed E-state index contributed by atoms with van der Waals surface area (Å²) in [5.74, 6) is -0.925. The van der Waals surface area contributed by atoms with Gasteiger partial charge in [-0.3, -0.25) is 14.8 Å². The third-order valence-electron chi connectivity index (χ3n) is 5.02. The van der Waals surface area contributed by atoms with Gasteiger partial charge in [0.1, 0.15) is 17.0 Å². The van der Waals surface area contributed by atoms with Gasteiger partial charge < -0.3 is 14.8 Å². The Hall–Kier alpha value is -3.59. The minimum Gasteiger partial charge on any atom is -0.505 e. The Kier molecular flexibility index (Phi) is 4.83. The highest BCUT2D eigenvalue weighted by atomic mass is 32.1. The number of hydrogen-bond donors (Lipinski definition) is 4. The number of thiophene rings is 1. The number of benzene rings is 1. The van der Waals surface area contributed by atoms with E-state index in [0.717, 1.165) is 17.5 Å². The molecule has 9 heteroatoms. The van der Waals surface area contributed by atoms with Crippen molar-refractivity contribution in [1.29, 1.82) is 0 Å². The van der Waals surface area contributed by atoms with Gasteiger partial charge in [0.2, 0.25) is 0 Å². The molecule has 0 amide bonds. The van der Waals surface area contributed by atoms with Crippen molar-refractivity contribution in [2.45, 2.75) is 20.3 Å². The first-order valence-corrected chi connectivity index (χ1v) is 10.1. The first kappa shape index (κ1) is 19.7. The molecule has 3 aromatic heterocycles. The number of fused-ring (bicyclic) bond motifs is 1. The lowest BCUT2D eigenvalue weighted by Gasteiger charge is -2.06. The third-order valence-corrected chi connectivity index (χ3v) is 6.13. The third kappa shape index (κ3) is 3.03. The number of aromatic hydroxyl groups is 1. The second kappa shape index (κ2) is 7.34. The molecule has 0 atom stereocenters. The summed E-state index contributed by atoms with van der Waals surface area (Å²) < 4.78 is 4.78. The van der Waals surface area contributed by atoms with E-state index < -0.39 is 17.2 Å². The van der Waals surface area contributed by atoms with Crippen molar-refractivity contribution < 1.29 is 14.6 Å². The van der Waals surface area contributed by atoms with Crippen LogP contribution in [0.2, 0.25) is 0 Å². The molecule has 0 bridgehead atoms. The molecule has 1 aromatic carbocycles. The van der Waals surface area contributed by atoms with Crippen LogP contribution in [0, 0.1) is 6.92 Å². The van der Waals surface area contributed by atoms with Crippen LogP contribution in [0.15, 0.2) is 33.9 Å². The van der Waals surface area contributed by atoms with E-state index in [4.69, 9.17) is 4.74 Å². The zero-order valence-electron chi connectivity index (χ0n) is 16.5. The van der Waals surface area contributed by atoms with Crippen LogP contribution in [0.3, 0.4) is 0 Å². The van der Waals surface area contributed by atoms with Crippen molar-refractivity contribution in [3.8, 4) is 27.4 Å². The summed E-state index contributed by atoms with van der Waals surface area (Å²) >= 11 is 1.17. The molecule has 4 N–H and O–H groups in total. The lowest BCUT2D eigenvalue weighted by Crippen LogP contribution is -2.21. The highest BCUT2D eigenvalue weighted by Gasteiger charge is 2.28. The van der Waals surface area contributed by atoms with E-state index in [-0.39, 0.29) is 22.3 Å². The Balaban J connectivity index is 2.09. The van der Waals surface area contributed by atoms with Crippen LogP contribution in [0.4, 0.5) is 0 Å². The van der Waals surface area contributed by atoms with E-state index in [1.807, 2.05) is 24.3 Å². The van der Waals surface area contributed by atoms with Gasteiger partial charge in [-0.15, -0.1) is 11.3 Å². The van der Waals surface area contributed by atoms with Crippen molar-refractivity contribution >= 4 is 28.3 Å². The molecule has 3 heterocycles. The summed E-state index contributed by atoms with van der Waals surface area (Å²) in [6, 6.07) is 7.74. The van der Waals surface area contributed by atoms with Crippen LogP contribution in [0.1, 0.15) is 27.7 Å². The van der Waals surface area contributed by atoms with E-state index >= 15 is 0 Å². The Bertz CT molecular complexity index is 1390. The molecular weight excluding hydrogens is 406 g/mol. The molecule has 0 radical (unpaired) electrons. The molecule has 0 saturated carbocycles. The van der Waals surface area contributed by atoms with Gasteiger partial charge in [-0.25, -0.2) is 9.59 Å².